The number of halogens is 1. The maximum absolute atomic E-state index is 10.7. The fourth-order valence-electron chi connectivity index (χ4n) is 1.00. The second kappa shape index (κ2) is 5.18. The molecule has 15 heavy (non-hydrogen) atoms. The van der Waals surface area contributed by atoms with Crippen LogP contribution in [0.2, 0.25) is 0 Å². The van der Waals surface area contributed by atoms with Crippen molar-refractivity contribution in [2.24, 2.45) is 0 Å². The monoisotopic (exact) mass is 273 g/mol. The van der Waals surface area contributed by atoms with Crippen molar-refractivity contribution in [3.05, 3.63) is 22.2 Å². The summed E-state index contributed by atoms with van der Waals surface area (Å²) < 4.78 is 0.606. The Morgan fingerprint density at radius 2 is 2.27 bits per heavy atom. The van der Waals surface area contributed by atoms with E-state index >= 15 is 0 Å². The maximum Gasteiger partial charge on any atom is 0.356 e. The summed E-state index contributed by atoms with van der Waals surface area (Å²) in [6.45, 7) is 0.802. The van der Waals surface area contributed by atoms with Crippen LogP contribution >= 0.6 is 15.9 Å². The molecule has 6 heteroatoms. The van der Waals surface area contributed by atoms with Gasteiger partial charge in [-0.05, 0) is 30.0 Å². The van der Waals surface area contributed by atoms with Crippen molar-refractivity contribution in [3.8, 4) is 0 Å². The standard InChI is InChI=1S/C9H12BrN3O2/c1-13(2)4-3-6-8(10)11-5-7(12-6)9(14)15/h5H,3-4H2,1-2H3,(H,14,15). The molecule has 0 unspecified atom stereocenters. The number of hydrogen-bond acceptors (Lipinski definition) is 4. The van der Waals surface area contributed by atoms with Gasteiger partial charge in [0.05, 0.1) is 11.9 Å². The van der Waals surface area contributed by atoms with Crippen molar-refractivity contribution >= 4 is 21.9 Å². The Balaban J connectivity index is 2.85. The van der Waals surface area contributed by atoms with Gasteiger partial charge in [0.2, 0.25) is 0 Å². The lowest BCUT2D eigenvalue weighted by Crippen LogP contribution is -2.17. The van der Waals surface area contributed by atoms with Gasteiger partial charge in [0.1, 0.15) is 4.60 Å². The van der Waals surface area contributed by atoms with E-state index in [4.69, 9.17) is 5.11 Å². The third-order valence-electron chi connectivity index (χ3n) is 1.81. The molecule has 0 aromatic carbocycles. The predicted octanol–water partition coefficient (Wildman–Crippen LogP) is 1.04. The number of aromatic nitrogens is 2. The van der Waals surface area contributed by atoms with Crippen molar-refractivity contribution in [1.29, 1.82) is 0 Å². The van der Waals surface area contributed by atoms with Crippen molar-refractivity contribution in [2.75, 3.05) is 20.6 Å². The van der Waals surface area contributed by atoms with E-state index in [1.807, 2.05) is 19.0 Å². The van der Waals surface area contributed by atoms with Crippen LogP contribution < -0.4 is 0 Å². The molecule has 0 saturated carbocycles. The molecule has 1 aromatic rings. The topological polar surface area (TPSA) is 66.3 Å². The Bertz CT molecular complexity index is 368. The summed E-state index contributed by atoms with van der Waals surface area (Å²) in [4.78, 5) is 20.6. The Labute approximate surface area is 96.3 Å². The van der Waals surface area contributed by atoms with Crippen LogP contribution in [0.3, 0.4) is 0 Å². The molecule has 0 aliphatic rings. The number of likely N-dealkylation sites (N-methyl/N-ethyl adjacent to an activating group) is 1. The third kappa shape index (κ3) is 3.56. The zero-order chi connectivity index (χ0) is 11.4. The summed E-state index contributed by atoms with van der Waals surface area (Å²) in [5.74, 6) is -1.05. The van der Waals surface area contributed by atoms with Gasteiger partial charge in [-0.1, -0.05) is 0 Å². The van der Waals surface area contributed by atoms with Crippen molar-refractivity contribution < 1.29 is 9.90 Å². The van der Waals surface area contributed by atoms with Crippen molar-refractivity contribution in [1.82, 2.24) is 14.9 Å². The molecule has 1 rings (SSSR count). The highest BCUT2D eigenvalue weighted by atomic mass is 79.9. The summed E-state index contributed by atoms with van der Waals surface area (Å²) >= 11 is 3.24. The first kappa shape index (κ1) is 12.1. The van der Waals surface area contributed by atoms with E-state index in [9.17, 15) is 4.79 Å². The minimum atomic E-state index is -1.05. The summed E-state index contributed by atoms with van der Waals surface area (Å²) in [5.41, 5.74) is 0.649. The highest BCUT2D eigenvalue weighted by molar-refractivity contribution is 9.10. The molecule has 5 nitrogen and oxygen atoms in total. The molecular formula is C9H12BrN3O2. The van der Waals surface area contributed by atoms with Crippen LogP contribution in [-0.4, -0.2) is 46.6 Å². The van der Waals surface area contributed by atoms with E-state index in [1.165, 1.54) is 6.20 Å². The SMILES string of the molecule is CN(C)CCc1nc(C(=O)O)cnc1Br. The second-order valence-corrected chi connectivity index (χ2v) is 4.10. The fourth-order valence-corrected chi connectivity index (χ4v) is 1.39. The molecule has 0 aliphatic carbocycles. The second-order valence-electron chi connectivity index (χ2n) is 3.35. The van der Waals surface area contributed by atoms with E-state index in [1.54, 1.807) is 0 Å². The van der Waals surface area contributed by atoms with Crippen LogP contribution in [0.4, 0.5) is 0 Å². The zero-order valence-electron chi connectivity index (χ0n) is 8.57. The first-order chi connectivity index (χ1) is 7.00. The highest BCUT2D eigenvalue weighted by Gasteiger charge is 2.10. The molecule has 1 heterocycles. The molecule has 0 amide bonds. The summed E-state index contributed by atoms with van der Waals surface area (Å²) in [5, 5.41) is 8.75. The van der Waals surface area contributed by atoms with Gasteiger partial charge in [0.25, 0.3) is 0 Å². The van der Waals surface area contributed by atoms with Gasteiger partial charge in [-0.15, -0.1) is 0 Å². The number of aromatic carboxylic acids is 1. The Morgan fingerprint density at radius 3 is 2.80 bits per heavy atom. The van der Waals surface area contributed by atoms with E-state index < -0.39 is 5.97 Å². The van der Waals surface area contributed by atoms with Gasteiger partial charge in [-0.3, -0.25) is 0 Å². The zero-order valence-corrected chi connectivity index (χ0v) is 10.2. The number of carbonyl (C=O) groups is 1. The molecule has 0 saturated heterocycles. The van der Waals surface area contributed by atoms with E-state index in [-0.39, 0.29) is 5.69 Å². The molecule has 0 aliphatic heterocycles. The van der Waals surface area contributed by atoms with Crippen LogP contribution in [-0.2, 0) is 6.42 Å². The van der Waals surface area contributed by atoms with E-state index in [0.717, 1.165) is 6.54 Å². The first-order valence-electron chi connectivity index (χ1n) is 4.40. The van der Waals surface area contributed by atoms with Crippen LogP contribution in [0, 0.1) is 0 Å². The van der Waals surface area contributed by atoms with Crippen molar-refractivity contribution in [3.63, 3.8) is 0 Å². The van der Waals surface area contributed by atoms with Crippen LogP contribution in [0.25, 0.3) is 0 Å². The summed E-state index contributed by atoms with van der Waals surface area (Å²) in [7, 11) is 3.89. The van der Waals surface area contributed by atoms with Gasteiger partial charge >= 0.3 is 5.97 Å². The molecule has 82 valence electrons. The van der Waals surface area contributed by atoms with Gasteiger partial charge in [-0.25, -0.2) is 14.8 Å². The number of carboxylic acid groups (broad SMARTS) is 1. The van der Waals surface area contributed by atoms with Gasteiger partial charge in [-0.2, -0.15) is 0 Å². The molecule has 0 spiro atoms. The van der Waals surface area contributed by atoms with Gasteiger partial charge < -0.3 is 10.0 Å². The van der Waals surface area contributed by atoms with Gasteiger partial charge in [0, 0.05) is 13.0 Å². The third-order valence-corrected chi connectivity index (χ3v) is 2.47. The van der Waals surface area contributed by atoms with Crippen LogP contribution in [0.15, 0.2) is 10.8 Å². The maximum atomic E-state index is 10.7. The van der Waals surface area contributed by atoms with E-state index in [0.29, 0.717) is 16.7 Å². The molecule has 0 radical (unpaired) electrons. The predicted molar refractivity (Wildman–Crippen MR) is 58.9 cm³/mol. The lowest BCUT2D eigenvalue weighted by Gasteiger charge is -2.09. The Morgan fingerprint density at radius 1 is 1.60 bits per heavy atom. The first-order valence-corrected chi connectivity index (χ1v) is 5.19. The number of nitrogens with zero attached hydrogens (tertiary/aromatic N) is 3. The summed E-state index contributed by atoms with van der Waals surface area (Å²) in [6.07, 6.45) is 1.91. The summed E-state index contributed by atoms with van der Waals surface area (Å²) in [6, 6.07) is 0. The largest absolute Gasteiger partial charge is 0.476 e. The minimum absolute atomic E-state index is 0.0213. The molecular weight excluding hydrogens is 262 g/mol. The number of hydrogen-bond donors (Lipinski definition) is 1. The normalized spacial score (nSPS) is 10.7. The Hall–Kier alpha value is -1.01. The highest BCUT2D eigenvalue weighted by Crippen LogP contribution is 2.12. The molecule has 1 N–H and O–H groups in total. The fraction of sp³-hybridized carbons (Fsp3) is 0.444. The quantitative estimate of drug-likeness (QED) is 0.888. The van der Waals surface area contributed by atoms with Crippen molar-refractivity contribution in [2.45, 2.75) is 6.42 Å². The number of rotatable bonds is 4. The lowest BCUT2D eigenvalue weighted by atomic mass is 10.3. The lowest BCUT2D eigenvalue weighted by molar-refractivity contribution is 0.0689. The average Bonchev–Trinajstić information content (AvgIpc) is 2.16. The van der Waals surface area contributed by atoms with Gasteiger partial charge in [0.15, 0.2) is 5.69 Å². The smallest absolute Gasteiger partial charge is 0.356 e. The molecule has 0 bridgehead atoms. The van der Waals surface area contributed by atoms with Crippen LogP contribution in [0.1, 0.15) is 16.2 Å². The minimum Gasteiger partial charge on any atom is -0.476 e. The number of carboxylic acids is 1. The average molecular weight is 274 g/mol. The van der Waals surface area contributed by atoms with E-state index in [2.05, 4.69) is 25.9 Å². The molecule has 1 aromatic heterocycles. The molecule has 0 atom stereocenters. The van der Waals surface area contributed by atoms with Crippen LogP contribution in [0.5, 0.6) is 0 Å². The molecule has 0 fully saturated rings. The Kier molecular flexibility index (Phi) is 4.16.